The number of Topliss-reactive ketones (excluding diaryl/α,β-unsaturated/α-hetero) is 1. The Bertz CT molecular complexity index is 1230. The van der Waals surface area contributed by atoms with Crippen molar-refractivity contribution in [1.82, 2.24) is 4.90 Å². The summed E-state index contributed by atoms with van der Waals surface area (Å²) in [7, 11) is 0. The number of aliphatic carboxylic acids is 1. The fourth-order valence-electron chi connectivity index (χ4n) is 6.54. The van der Waals surface area contributed by atoms with Gasteiger partial charge in [0.2, 0.25) is 0 Å². The maximum atomic E-state index is 14.2. The average Bonchev–Trinajstić information content (AvgIpc) is 2.83. The zero-order chi connectivity index (χ0) is 28.1. The molecule has 1 saturated carbocycles. The SMILES string of the molecule is O=C1CC2CC(C(=O)O)CC(C1)N2Cc1ccc2c(C(F)(F)F)c(O[C@H]3CC[C@@H](C(F)(F)F)CC3)ccc2c1. The molecule has 39 heavy (non-hydrogen) atoms. The van der Waals surface area contributed by atoms with E-state index in [4.69, 9.17) is 4.74 Å². The third-order valence-corrected chi connectivity index (χ3v) is 8.45. The highest BCUT2D eigenvalue weighted by atomic mass is 19.4. The summed E-state index contributed by atoms with van der Waals surface area (Å²) in [6.07, 6.45) is -8.84. The van der Waals surface area contributed by atoms with Crippen LogP contribution in [0.4, 0.5) is 26.3 Å². The maximum Gasteiger partial charge on any atom is 0.420 e. The van der Waals surface area contributed by atoms with E-state index in [1.807, 2.05) is 0 Å². The van der Waals surface area contributed by atoms with Crippen molar-refractivity contribution in [1.29, 1.82) is 0 Å². The number of alkyl halides is 6. The molecular weight excluding hydrogens is 528 g/mol. The molecule has 3 aliphatic rings. The first-order valence-electron chi connectivity index (χ1n) is 13.2. The minimum atomic E-state index is -4.74. The van der Waals surface area contributed by atoms with E-state index in [9.17, 15) is 41.0 Å². The molecule has 2 atom stereocenters. The van der Waals surface area contributed by atoms with E-state index in [0.29, 0.717) is 24.8 Å². The molecule has 1 N–H and O–H groups in total. The van der Waals surface area contributed by atoms with Crippen LogP contribution in [0.5, 0.6) is 5.75 Å². The zero-order valence-electron chi connectivity index (χ0n) is 21.0. The van der Waals surface area contributed by atoms with Crippen LogP contribution in [0, 0.1) is 11.8 Å². The number of fused-ring (bicyclic) bond motifs is 3. The largest absolute Gasteiger partial charge is 0.490 e. The Labute approximate surface area is 221 Å². The van der Waals surface area contributed by atoms with Gasteiger partial charge in [-0.05, 0) is 67.0 Å². The Morgan fingerprint density at radius 1 is 0.949 bits per heavy atom. The maximum absolute atomic E-state index is 14.2. The first-order valence-corrected chi connectivity index (χ1v) is 13.2. The van der Waals surface area contributed by atoms with Crippen molar-refractivity contribution in [3.8, 4) is 5.75 Å². The minimum Gasteiger partial charge on any atom is -0.490 e. The van der Waals surface area contributed by atoms with E-state index in [1.165, 1.54) is 18.2 Å². The van der Waals surface area contributed by atoms with Gasteiger partial charge in [-0.3, -0.25) is 14.5 Å². The van der Waals surface area contributed by atoms with Crippen LogP contribution in [-0.4, -0.2) is 46.1 Å². The first kappa shape index (κ1) is 27.7. The Morgan fingerprint density at radius 3 is 2.15 bits per heavy atom. The summed E-state index contributed by atoms with van der Waals surface area (Å²) < 4.78 is 87.2. The lowest BCUT2D eigenvalue weighted by molar-refractivity contribution is -0.185. The van der Waals surface area contributed by atoms with Crippen LogP contribution in [0.2, 0.25) is 0 Å². The monoisotopic (exact) mass is 557 g/mol. The fraction of sp³-hybridized carbons (Fsp3) is 0.571. The van der Waals surface area contributed by atoms with Gasteiger partial charge in [0.1, 0.15) is 17.1 Å². The molecule has 3 fully saturated rings. The molecule has 2 heterocycles. The van der Waals surface area contributed by atoms with Gasteiger partial charge in [0.15, 0.2) is 0 Å². The van der Waals surface area contributed by atoms with Crippen molar-refractivity contribution in [3.63, 3.8) is 0 Å². The lowest BCUT2D eigenvalue weighted by Crippen LogP contribution is -2.54. The second kappa shape index (κ2) is 10.3. The van der Waals surface area contributed by atoms with E-state index < -0.39 is 41.8 Å². The van der Waals surface area contributed by atoms with Crippen LogP contribution in [0.3, 0.4) is 0 Å². The highest BCUT2D eigenvalue weighted by molar-refractivity contribution is 5.89. The molecule has 0 spiro atoms. The molecular formula is C28H29F6NO4. The van der Waals surface area contributed by atoms with Gasteiger partial charge in [-0.15, -0.1) is 0 Å². The van der Waals surface area contributed by atoms with Crippen LogP contribution in [0.15, 0.2) is 30.3 Å². The summed E-state index contributed by atoms with van der Waals surface area (Å²) in [5.41, 5.74) is -0.206. The topological polar surface area (TPSA) is 66.8 Å². The van der Waals surface area contributed by atoms with Crippen molar-refractivity contribution in [2.45, 2.75) is 88.5 Å². The molecule has 1 aliphatic carbocycles. The molecule has 11 heteroatoms. The molecule has 2 bridgehead atoms. The second-order valence-electron chi connectivity index (χ2n) is 11.1. The van der Waals surface area contributed by atoms with Crippen molar-refractivity contribution >= 4 is 22.5 Å². The third-order valence-electron chi connectivity index (χ3n) is 8.45. The predicted molar refractivity (Wildman–Crippen MR) is 129 cm³/mol. The number of ketones is 1. The highest BCUT2D eigenvalue weighted by Gasteiger charge is 2.44. The third kappa shape index (κ3) is 5.88. The van der Waals surface area contributed by atoms with Crippen LogP contribution < -0.4 is 4.74 Å². The molecule has 212 valence electrons. The average molecular weight is 558 g/mol. The number of carbonyl (C=O) groups is 2. The van der Waals surface area contributed by atoms with E-state index in [2.05, 4.69) is 4.90 Å². The van der Waals surface area contributed by atoms with Gasteiger partial charge in [0.05, 0.1) is 17.9 Å². The molecule has 2 unspecified atom stereocenters. The van der Waals surface area contributed by atoms with Gasteiger partial charge in [-0.25, -0.2) is 0 Å². The summed E-state index contributed by atoms with van der Waals surface area (Å²) in [5.74, 6) is -3.14. The van der Waals surface area contributed by atoms with Gasteiger partial charge in [-0.1, -0.05) is 18.2 Å². The molecule has 5 rings (SSSR count). The fourth-order valence-corrected chi connectivity index (χ4v) is 6.54. The van der Waals surface area contributed by atoms with E-state index in [-0.39, 0.29) is 67.5 Å². The first-order chi connectivity index (χ1) is 18.3. The Hall–Kier alpha value is -2.82. The second-order valence-corrected chi connectivity index (χ2v) is 11.1. The summed E-state index contributed by atoms with van der Waals surface area (Å²) in [6.45, 7) is 0.382. The normalized spacial score (nSPS) is 28.5. The highest BCUT2D eigenvalue weighted by Crippen LogP contribution is 2.44. The zero-order valence-corrected chi connectivity index (χ0v) is 21.0. The number of carbonyl (C=O) groups excluding carboxylic acids is 1. The number of carboxylic acid groups (broad SMARTS) is 1. The number of piperidine rings is 2. The number of rotatable bonds is 5. The molecule has 0 amide bonds. The van der Waals surface area contributed by atoms with Gasteiger partial charge in [0.25, 0.3) is 0 Å². The number of hydrogen-bond acceptors (Lipinski definition) is 4. The summed E-state index contributed by atoms with van der Waals surface area (Å²) in [6, 6.07) is 6.93. The minimum absolute atomic E-state index is 0.0296. The Kier molecular flexibility index (Phi) is 7.32. The van der Waals surface area contributed by atoms with Crippen LogP contribution in [0.25, 0.3) is 10.8 Å². The number of hydrogen-bond donors (Lipinski definition) is 1. The van der Waals surface area contributed by atoms with Crippen molar-refractivity contribution in [2.24, 2.45) is 11.8 Å². The quantitative estimate of drug-likeness (QED) is 0.412. The van der Waals surface area contributed by atoms with E-state index in [0.717, 1.165) is 5.56 Å². The number of carboxylic acids is 1. The van der Waals surface area contributed by atoms with Crippen LogP contribution >= 0.6 is 0 Å². The summed E-state index contributed by atoms with van der Waals surface area (Å²) >= 11 is 0. The number of halogens is 6. The number of ether oxygens (including phenoxy) is 1. The molecule has 5 nitrogen and oxygen atoms in total. The molecule has 2 aromatic rings. The molecule has 2 saturated heterocycles. The molecule has 0 aromatic heterocycles. The Morgan fingerprint density at radius 2 is 1.59 bits per heavy atom. The van der Waals surface area contributed by atoms with Gasteiger partial charge in [0, 0.05) is 31.5 Å². The van der Waals surface area contributed by atoms with Gasteiger partial charge < -0.3 is 9.84 Å². The van der Waals surface area contributed by atoms with E-state index in [1.54, 1.807) is 12.1 Å². The molecule has 2 aromatic carbocycles. The predicted octanol–water partition coefficient (Wildman–Crippen LogP) is 6.76. The number of benzene rings is 2. The summed E-state index contributed by atoms with van der Waals surface area (Å²) in [5, 5.41) is 9.74. The van der Waals surface area contributed by atoms with Gasteiger partial charge >= 0.3 is 18.3 Å². The summed E-state index contributed by atoms with van der Waals surface area (Å²) in [4.78, 5) is 25.8. The van der Waals surface area contributed by atoms with Crippen molar-refractivity contribution in [2.75, 3.05) is 0 Å². The lowest BCUT2D eigenvalue weighted by Gasteiger charge is -2.47. The van der Waals surface area contributed by atoms with Crippen molar-refractivity contribution in [3.05, 3.63) is 41.5 Å². The van der Waals surface area contributed by atoms with Gasteiger partial charge in [-0.2, -0.15) is 26.3 Å². The smallest absolute Gasteiger partial charge is 0.420 e. The Balaban J connectivity index is 1.37. The van der Waals surface area contributed by atoms with Crippen LogP contribution in [0.1, 0.15) is 62.5 Å². The van der Waals surface area contributed by atoms with E-state index >= 15 is 0 Å². The van der Waals surface area contributed by atoms with Crippen molar-refractivity contribution < 1.29 is 45.8 Å². The molecule has 0 radical (unpaired) electrons. The molecule has 2 aliphatic heterocycles. The van der Waals surface area contributed by atoms with Crippen LogP contribution in [-0.2, 0) is 22.3 Å². The standard InChI is InChI=1S/C28H29F6NO4/c29-27(30,31)18-3-5-22(6-4-18)39-24-8-2-16-9-15(1-7-23(16)25(24)28(32,33)34)14-35-19-10-17(26(37)38)11-20(35)13-21(36)12-19/h1-2,7-9,17-20,22H,3-6,10-14H2,(H,37,38)/t17?,18-,19?,20?,22+. The lowest BCUT2D eigenvalue weighted by atomic mass is 9.77. The number of nitrogens with zero attached hydrogens (tertiary/aromatic N) is 1.